The number of nitrogens with two attached hydrogens (primary N) is 1. The molecule has 3 rings (SSSR count). The molecule has 7 heteroatoms. The minimum atomic E-state index is -0.497. The standard InChI is InChI=1S/C15H14N4O2S/c1-8-6-22-13-12(8)17-7-18-15(13)19-10-4-3-9(14(16)20)5-11(10)21-2/h3-7H,1-2H3,(H2,16,20)(H,17,18,19). The first-order chi connectivity index (χ1) is 10.6. The van der Waals surface area contributed by atoms with Gasteiger partial charge in [-0.25, -0.2) is 9.97 Å². The first kappa shape index (κ1) is 14.3. The molecule has 3 aromatic rings. The number of aryl methyl sites for hydroxylation is 1. The Labute approximate surface area is 131 Å². The molecule has 0 aliphatic carbocycles. The van der Waals surface area contributed by atoms with Gasteiger partial charge in [-0.3, -0.25) is 4.79 Å². The molecular weight excluding hydrogens is 300 g/mol. The number of hydrogen-bond acceptors (Lipinski definition) is 6. The third-order valence-electron chi connectivity index (χ3n) is 3.27. The van der Waals surface area contributed by atoms with E-state index >= 15 is 0 Å². The highest BCUT2D eigenvalue weighted by molar-refractivity contribution is 7.18. The second-order valence-corrected chi connectivity index (χ2v) is 5.60. The number of anilines is 2. The van der Waals surface area contributed by atoms with Gasteiger partial charge in [-0.1, -0.05) is 0 Å². The number of ether oxygens (including phenoxy) is 1. The topological polar surface area (TPSA) is 90.1 Å². The highest BCUT2D eigenvalue weighted by atomic mass is 32.1. The smallest absolute Gasteiger partial charge is 0.248 e. The van der Waals surface area contributed by atoms with Gasteiger partial charge in [-0.15, -0.1) is 11.3 Å². The van der Waals surface area contributed by atoms with Gasteiger partial charge in [0.1, 0.15) is 12.1 Å². The molecule has 0 fully saturated rings. The van der Waals surface area contributed by atoms with Gasteiger partial charge in [-0.05, 0) is 36.1 Å². The van der Waals surface area contributed by atoms with Gasteiger partial charge < -0.3 is 15.8 Å². The van der Waals surface area contributed by atoms with Crippen molar-refractivity contribution in [1.29, 1.82) is 0 Å². The summed E-state index contributed by atoms with van der Waals surface area (Å²) in [6.07, 6.45) is 1.52. The molecule has 2 heterocycles. The Kier molecular flexibility index (Phi) is 3.64. The van der Waals surface area contributed by atoms with Crippen LogP contribution in [0.15, 0.2) is 29.9 Å². The summed E-state index contributed by atoms with van der Waals surface area (Å²) in [5.41, 5.74) is 8.42. The van der Waals surface area contributed by atoms with E-state index in [1.54, 1.807) is 29.5 Å². The average Bonchev–Trinajstić information content (AvgIpc) is 2.90. The zero-order valence-corrected chi connectivity index (χ0v) is 12.9. The number of nitrogens with one attached hydrogen (secondary N) is 1. The number of rotatable bonds is 4. The van der Waals surface area contributed by atoms with E-state index in [4.69, 9.17) is 10.5 Å². The first-order valence-corrected chi connectivity index (χ1v) is 7.41. The Hall–Kier alpha value is -2.67. The van der Waals surface area contributed by atoms with E-state index in [1.807, 2.05) is 12.3 Å². The summed E-state index contributed by atoms with van der Waals surface area (Å²) < 4.78 is 6.29. The molecule has 6 nitrogen and oxygen atoms in total. The number of amides is 1. The lowest BCUT2D eigenvalue weighted by Gasteiger charge is -2.11. The maximum absolute atomic E-state index is 11.2. The minimum absolute atomic E-state index is 0.391. The van der Waals surface area contributed by atoms with Gasteiger partial charge in [-0.2, -0.15) is 0 Å². The summed E-state index contributed by atoms with van der Waals surface area (Å²) in [4.78, 5) is 19.8. The van der Waals surface area contributed by atoms with Gasteiger partial charge >= 0.3 is 0 Å². The molecule has 0 unspecified atom stereocenters. The Balaban J connectivity index is 2.03. The number of primary amides is 1. The number of fused-ring (bicyclic) bond motifs is 1. The lowest BCUT2D eigenvalue weighted by Crippen LogP contribution is -2.11. The Morgan fingerprint density at radius 1 is 1.36 bits per heavy atom. The second-order valence-electron chi connectivity index (χ2n) is 4.72. The molecule has 0 aliphatic rings. The minimum Gasteiger partial charge on any atom is -0.495 e. The van der Waals surface area contributed by atoms with Gasteiger partial charge in [0.25, 0.3) is 0 Å². The van der Waals surface area contributed by atoms with Gasteiger partial charge in [0.15, 0.2) is 5.82 Å². The van der Waals surface area contributed by atoms with Crippen molar-refractivity contribution in [1.82, 2.24) is 9.97 Å². The van der Waals surface area contributed by atoms with Crippen molar-refractivity contribution in [3.63, 3.8) is 0 Å². The fourth-order valence-electron chi connectivity index (χ4n) is 2.13. The summed E-state index contributed by atoms with van der Waals surface area (Å²) in [5.74, 6) is 0.729. The van der Waals surface area contributed by atoms with Crippen LogP contribution in [0.4, 0.5) is 11.5 Å². The van der Waals surface area contributed by atoms with Crippen LogP contribution in [0.5, 0.6) is 5.75 Å². The van der Waals surface area contributed by atoms with E-state index in [0.717, 1.165) is 15.8 Å². The number of aromatic nitrogens is 2. The summed E-state index contributed by atoms with van der Waals surface area (Å²) >= 11 is 1.58. The lowest BCUT2D eigenvalue weighted by molar-refractivity contribution is 0.1000. The molecule has 0 saturated heterocycles. The van der Waals surface area contributed by atoms with Gasteiger partial charge in [0, 0.05) is 5.56 Å². The summed E-state index contributed by atoms with van der Waals surface area (Å²) in [6.45, 7) is 2.01. The Morgan fingerprint density at radius 2 is 2.18 bits per heavy atom. The Bertz CT molecular complexity index is 860. The highest BCUT2D eigenvalue weighted by Crippen LogP contribution is 2.33. The SMILES string of the molecule is COc1cc(C(N)=O)ccc1Nc1ncnc2c(C)csc12. The van der Waals surface area contributed by atoms with E-state index in [2.05, 4.69) is 15.3 Å². The maximum Gasteiger partial charge on any atom is 0.248 e. The lowest BCUT2D eigenvalue weighted by atomic mass is 10.2. The molecule has 0 atom stereocenters. The average molecular weight is 314 g/mol. The van der Waals surface area contributed by atoms with Crippen LogP contribution in [-0.2, 0) is 0 Å². The van der Waals surface area contributed by atoms with E-state index in [-0.39, 0.29) is 0 Å². The summed E-state index contributed by atoms with van der Waals surface area (Å²) in [5, 5.41) is 5.27. The molecule has 22 heavy (non-hydrogen) atoms. The molecule has 0 saturated carbocycles. The van der Waals surface area contributed by atoms with Crippen molar-refractivity contribution >= 4 is 39.0 Å². The largest absolute Gasteiger partial charge is 0.495 e. The van der Waals surface area contributed by atoms with Crippen LogP contribution in [0.3, 0.4) is 0 Å². The van der Waals surface area contributed by atoms with Crippen LogP contribution in [0.2, 0.25) is 0 Å². The molecule has 1 aromatic carbocycles. The fourth-order valence-corrected chi connectivity index (χ4v) is 3.08. The third kappa shape index (κ3) is 2.46. The van der Waals surface area contributed by atoms with Crippen molar-refractivity contribution in [3.8, 4) is 5.75 Å². The molecule has 1 amide bonds. The van der Waals surface area contributed by atoms with Crippen LogP contribution < -0.4 is 15.8 Å². The second kappa shape index (κ2) is 5.61. The van der Waals surface area contributed by atoms with E-state index in [1.165, 1.54) is 13.4 Å². The third-order valence-corrected chi connectivity index (χ3v) is 4.36. The van der Waals surface area contributed by atoms with Crippen molar-refractivity contribution in [3.05, 3.63) is 41.0 Å². The predicted molar refractivity (Wildman–Crippen MR) is 86.9 cm³/mol. The molecule has 0 bridgehead atoms. The summed E-state index contributed by atoms with van der Waals surface area (Å²) in [6, 6.07) is 4.99. The number of carbonyl (C=O) groups excluding carboxylic acids is 1. The predicted octanol–water partition coefficient (Wildman–Crippen LogP) is 2.85. The molecule has 2 aromatic heterocycles. The van der Waals surface area contributed by atoms with Crippen LogP contribution in [0, 0.1) is 6.92 Å². The maximum atomic E-state index is 11.2. The number of hydrogen-bond donors (Lipinski definition) is 2. The molecule has 0 radical (unpaired) electrons. The van der Waals surface area contributed by atoms with Crippen molar-refractivity contribution in [2.75, 3.05) is 12.4 Å². The fraction of sp³-hybridized carbons (Fsp3) is 0.133. The number of thiophene rings is 1. The van der Waals surface area contributed by atoms with Crippen LogP contribution in [0.25, 0.3) is 10.2 Å². The van der Waals surface area contributed by atoms with E-state index in [9.17, 15) is 4.79 Å². The van der Waals surface area contributed by atoms with Crippen LogP contribution in [0.1, 0.15) is 15.9 Å². The molecular formula is C15H14N4O2S. The van der Waals surface area contributed by atoms with Crippen molar-refractivity contribution in [2.24, 2.45) is 5.73 Å². The number of benzene rings is 1. The number of nitrogens with zero attached hydrogens (tertiary/aromatic N) is 2. The van der Waals surface area contributed by atoms with Crippen LogP contribution >= 0.6 is 11.3 Å². The molecule has 0 aliphatic heterocycles. The first-order valence-electron chi connectivity index (χ1n) is 6.54. The number of methoxy groups -OCH3 is 1. The molecule has 0 spiro atoms. The molecule has 112 valence electrons. The summed E-state index contributed by atoms with van der Waals surface area (Å²) in [7, 11) is 1.54. The van der Waals surface area contributed by atoms with Gasteiger partial charge in [0.05, 0.1) is 23.0 Å². The van der Waals surface area contributed by atoms with E-state index < -0.39 is 5.91 Å². The van der Waals surface area contributed by atoms with Crippen LogP contribution in [-0.4, -0.2) is 23.0 Å². The zero-order valence-electron chi connectivity index (χ0n) is 12.1. The highest BCUT2D eigenvalue weighted by Gasteiger charge is 2.12. The Morgan fingerprint density at radius 3 is 2.91 bits per heavy atom. The molecule has 3 N–H and O–H groups in total. The van der Waals surface area contributed by atoms with Gasteiger partial charge in [0.2, 0.25) is 5.91 Å². The quantitative estimate of drug-likeness (QED) is 0.773. The van der Waals surface area contributed by atoms with E-state index in [0.29, 0.717) is 22.8 Å². The zero-order chi connectivity index (χ0) is 15.7. The monoisotopic (exact) mass is 314 g/mol. The van der Waals surface area contributed by atoms with Crippen molar-refractivity contribution in [2.45, 2.75) is 6.92 Å². The normalized spacial score (nSPS) is 10.6. The van der Waals surface area contributed by atoms with Crippen molar-refractivity contribution < 1.29 is 9.53 Å². The number of carbonyl (C=O) groups is 1.